The Labute approximate surface area is 72.9 Å². The summed E-state index contributed by atoms with van der Waals surface area (Å²) in [5.74, 6) is 1.24. The van der Waals surface area contributed by atoms with Crippen LogP contribution in [0.1, 0.15) is 19.8 Å². The molecule has 1 aliphatic rings. The molecule has 1 nitrogen and oxygen atoms in total. The van der Waals surface area contributed by atoms with Crippen molar-refractivity contribution in [3.8, 4) is 0 Å². The van der Waals surface area contributed by atoms with E-state index >= 15 is 0 Å². The molecule has 1 heterocycles. The Balaban J connectivity index is 2.28. The van der Waals surface area contributed by atoms with E-state index in [4.69, 9.17) is 0 Å². The first-order valence-corrected chi connectivity index (χ1v) is 4.99. The Kier molecular flexibility index (Phi) is 3.25. The van der Waals surface area contributed by atoms with Crippen LogP contribution in [0.2, 0.25) is 0 Å². The highest BCUT2D eigenvalue weighted by atomic mass is 32.2. The normalized spacial score (nSPS) is 29.9. The number of allylic oxidation sites excluding steroid dienone is 1. The van der Waals surface area contributed by atoms with Gasteiger partial charge in [-0.2, -0.15) is 0 Å². The second-order valence-electron chi connectivity index (χ2n) is 2.95. The van der Waals surface area contributed by atoms with Crippen LogP contribution in [0, 0.1) is 0 Å². The van der Waals surface area contributed by atoms with Crippen LogP contribution in [0.4, 0.5) is 0 Å². The summed E-state index contributed by atoms with van der Waals surface area (Å²) in [5.41, 5.74) is 2.80. The molecular formula is C9H15NS. The SMILES string of the molecule is C=C=CCCC1(C)NCCS1. The van der Waals surface area contributed by atoms with Crippen molar-refractivity contribution in [2.24, 2.45) is 0 Å². The van der Waals surface area contributed by atoms with Crippen molar-refractivity contribution in [3.05, 3.63) is 18.4 Å². The lowest BCUT2D eigenvalue weighted by molar-refractivity contribution is 0.511. The average molecular weight is 169 g/mol. The van der Waals surface area contributed by atoms with Gasteiger partial charge in [-0.1, -0.05) is 6.58 Å². The number of nitrogens with one attached hydrogen (secondary N) is 1. The van der Waals surface area contributed by atoms with Gasteiger partial charge in [-0.15, -0.1) is 17.5 Å². The quantitative estimate of drug-likeness (QED) is 0.650. The maximum atomic E-state index is 3.54. The van der Waals surface area contributed by atoms with Crippen molar-refractivity contribution in [2.45, 2.75) is 24.6 Å². The fraction of sp³-hybridized carbons (Fsp3) is 0.667. The summed E-state index contributed by atoms with van der Waals surface area (Å²) in [6.07, 6.45) is 4.27. The third-order valence-electron chi connectivity index (χ3n) is 1.93. The van der Waals surface area contributed by atoms with Crippen LogP contribution in [-0.2, 0) is 0 Å². The van der Waals surface area contributed by atoms with Gasteiger partial charge < -0.3 is 5.32 Å². The van der Waals surface area contributed by atoms with E-state index in [-0.39, 0.29) is 0 Å². The van der Waals surface area contributed by atoms with E-state index in [0.717, 1.165) is 13.0 Å². The molecule has 1 N–H and O–H groups in total. The molecule has 1 atom stereocenters. The molecule has 11 heavy (non-hydrogen) atoms. The molecule has 0 saturated carbocycles. The van der Waals surface area contributed by atoms with Crippen LogP contribution >= 0.6 is 11.8 Å². The molecule has 0 aromatic heterocycles. The minimum atomic E-state index is 0.313. The van der Waals surface area contributed by atoms with Crippen LogP contribution in [0.3, 0.4) is 0 Å². The summed E-state index contributed by atoms with van der Waals surface area (Å²) < 4.78 is 0. The number of hydrogen-bond acceptors (Lipinski definition) is 2. The van der Waals surface area contributed by atoms with Crippen LogP contribution in [0.25, 0.3) is 0 Å². The maximum Gasteiger partial charge on any atom is 0.0620 e. The summed E-state index contributed by atoms with van der Waals surface area (Å²) in [4.78, 5) is 0.313. The maximum absolute atomic E-state index is 3.54. The molecule has 0 bridgehead atoms. The standard InChI is InChI=1S/C9H15NS/c1-3-4-5-6-9(2)10-7-8-11-9/h4,10H,1,5-8H2,2H3. The van der Waals surface area contributed by atoms with Gasteiger partial charge in [0.25, 0.3) is 0 Å². The molecule has 1 rings (SSSR count). The summed E-state index contributed by atoms with van der Waals surface area (Å²) in [6.45, 7) is 6.96. The molecule has 0 radical (unpaired) electrons. The van der Waals surface area contributed by atoms with Crippen molar-refractivity contribution >= 4 is 11.8 Å². The molecule has 0 aromatic carbocycles. The molecule has 0 aliphatic carbocycles. The van der Waals surface area contributed by atoms with Gasteiger partial charge in [0.2, 0.25) is 0 Å². The molecular weight excluding hydrogens is 154 g/mol. The average Bonchev–Trinajstić information content (AvgIpc) is 2.38. The van der Waals surface area contributed by atoms with Crippen LogP contribution < -0.4 is 5.32 Å². The van der Waals surface area contributed by atoms with E-state index < -0.39 is 0 Å². The lowest BCUT2D eigenvalue weighted by Crippen LogP contribution is -2.33. The first kappa shape index (κ1) is 8.92. The highest BCUT2D eigenvalue weighted by molar-refractivity contribution is 8.00. The van der Waals surface area contributed by atoms with Crippen LogP contribution in [0.15, 0.2) is 18.4 Å². The molecule has 2 heteroatoms. The summed E-state index contributed by atoms with van der Waals surface area (Å²) in [7, 11) is 0. The molecule has 1 fully saturated rings. The first-order valence-electron chi connectivity index (χ1n) is 4.00. The topological polar surface area (TPSA) is 12.0 Å². The van der Waals surface area contributed by atoms with Gasteiger partial charge in [-0.05, 0) is 25.8 Å². The van der Waals surface area contributed by atoms with Gasteiger partial charge in [0.05, 0.1) is 4.87 Å². The van der Waals surface area contributed by atoms with Crippen molar-refractivity contribution in [2.75, 3.05) is 12.3 Å². The smallest absolute Gasteiger partial charge is 0.0620 e. The fourth-order valence-corrected chi connectivity index (χ4v) is 2.37. The van der Waals surface area contributed by atoms with Gasteiger partial charge >= 0.3 is 0 Å². The lowest BCUT2D eigenvalue weighted by Gasteiger charge is -2.21. The minimum absolute atomic E-state index is 0.313. The zero-order valence-corrected chi connectivity index (χ0v) is 7.84. The van der Waals surface area contributed by atoms with Crippen molar-refractivity contribution in [1.82, 2.24) is 5.32 Å². The molecule has 62 valence electrons. The van der Waals surface area contributed by atoms with E-state index in [1.807, 2.05) is 17.8 Å². The van der Waals surface area contributed by atoms with E-state index in [1.54, 1.807) is 0 Å². The van der Waals surface area contributed by atoms with Gasteiger partial charge in [0.15, 0.2) is 0 Å². The molecule has 1 aliphatic heterocycles. The van der Waals surface area contributed by atoms with Crippen LogP contribution in [-0.4, -0.2) is 17.2 Å². The lowest BCUT2D eigenvalue weighted by atomic mass is 10.2. The van der Waals surface area contributed by atoms with E-state index in [0.29, 0.717) is 4.87 Å². The van der Waals surface area contributed by atoms with Crippen molar-refractivity contribution < 1.29 is 0 Å². The van der Waals surface area contributed by atoms with Crippen LogP contribution in [0.5, 0.6) is 0 Å². The van der Waals surface area contributed by atoms with Gasteiger partial charge in [-0.3, -0.25) is 0 Å². The Bertz CT molecular complexity index is 164. The monoisotopic (exact) mass is 169 g/mol. The fourth-order valence-electron chi connectivity index (χ4n) is 1.25. The van der Waals surface area contributed by atoms with Gasteiger partial charge in [0, 0.05) is 12.3 Å². The number of hydrogen-bond donors (Lipinski definition) is 1. The summed E-state index contributed by atoms with van der Waals surface area (Å²) in [6, 6.07) is 0. The second kappa shape index (κ2) is 4.01. The first-order chi connectivity index (χ1) is 5.27. The largest absolute Gasteiger partial charge is 0.302 e. The Morgan fingerprint density at radius 3 is 3.18 bits per heavy atom. The highest BCUT2D eigenvalue weighted by Crippen LogP contribution is 2.30. The predicted octanol–water partition coefficient (Wildman–Crippen LogP) is 2.16. The van der Waals surface area contributed by atoms with E-state index in [9.17, 15) is 0 Å². The van der Waals surface area contributed by atoms with Gasteiger partial charge in [0.1, 0.15) is 0 Å². The summed E-state index contributed by atoms with van der Waals surface area (Å²) >= 11 is 2.02. The van der Waals surface area contributed by atoms with Gasteiger partial charge in [-0.25, -0.2) is 0 Å². The molecule has 0 aromatic rings. The zero-order valence-electron chi connectivity index (χ0n) is 7.02. The number of rotatable bonds is 3. The zero-order chi connectivity index (χ0) is 8.16. The second-order valence-corrected chi connectivity index (χ2v) is 4.55. The molecule has 0 amide bonds. The van der Waals surface area contributed by atoms with Crippen molar-refractivity contribution in [1.29, 1.82) is 0 Å². The molecule has 1 unspecified atom stereocenters. The number of thioether (sulfide) groups is 1. The predicted molar refractivity (Wildman–Crippen MR) is 51.8 cm³/mol. The third-order valence-corrected chi connectivity index (χ3v) is 3.33. The summed E-state index contributed by atoms with van der Waals surface area (Å²) in [5, 5.41) is 3.49. The Morgan fingerprint density at radius 2 is 2.64 bits per heavy atom. The van der Waals surface area contributed by atoms with E-state index in [2.05, 4.69) is 24.6 Å². The Morgan fingerprint density at radius 1 is 1.82 bits per heavy atom. The molecule has 0 spiro atoms. The minimum Gasteiger partial charge on any atom is -0.302 e. The molecule has 1 saturated heterocycles. The van der Waals surface area contributed by atoms with E-state index in [1.165, 1.54) is 12.2 Å². The third kappa shape index (κ3) is 2.74. The Hall–Kier alpha value is -0.170. The highest BCUT2D eigenvalue weighted by Gasteiger charge is 2.27. The van der Waals surface area contributed by atoms with Crippen molar-refractivity contribution in [3.63, 3.8) is 0 Å².